The summed E-state index contributed by atoms with van der Waals surface area (Å²) in [6.45, 7) is 12.3. The van der Waals surface area contributed by atoms with Crippen molar-refractivity contribution in [1.82, 2.24) is 0 Å². The van der Waals surface area contributed by atoms with Crippen LogP contribution in [0.15, 0.2) is 23.3 Å². The second-order valence-corrected chi connectivity index (χ2v) is 2.91. The van der Waals surface area contributed by atoms with E-state index in [2.05, 4.69) is 34.3 Å². The first-order chi connectivity index (χ1) is 4.04. The standard InChI is InChI=1S/C9H16/c1-7(2)6-9(5)8(3)4/h1,6H2,2-5H3. The van der Waals surface area contributed by atoms with Crippen LogP contribution in [0.4, 0.5) is 0 Å². The number of hydrogen-bond donors (Lipinski definition) is 0. The van der Waals surface area contributed by atoms with Gasteiger partial charge in [-0.3, -0.25) is 0 Å². The second kappa shape index (κ2) is 3.49. The molecule has 0 amide bonds. The van der Waals surface area contributed by atoms with Gasteiger partial charge < -0.3 is 0 Å². The fourth-order valence-corrected chi connectivity index (χ4v) is 0.629. The second-order valence-electron chi connectivity index (χ2n) is 2.91. The topological polar surface area (TPSA) is 0 Å². The highest BCUT2D eigenvalue weighted by molar-refractivity contribution is 5.13. The zero-order chi connectivity index (χ0) is 7.44. The van der Waals surface area contributed by atoms with Gasteiger partial charge in [0.25, 0.3) is 0 Å². The van der Waals surface area contributed by atoms with E-state index in [0.29, 0.717) is 0 Å². The monoisotopic (exact) mass is 124 g/mol. The first-order valence-electron chi connectivity index (χ1n) is 3.31. The van der Waals surface area contributed by atoms with Crippen LogP contribution in [0.1, 0.15) is 34.1 Å². The summed E-state index contributed by atoms with van der Waals surface area (Å²) in [5, 5.41) is 0. The molecule has 52 valence electrons. The highest BCUT2D eigenvalue weighted by atomic mass is 14.0. The van der Waals surface area contributed by atoms with Crippen molar-refractivity contribution < 1.29 is 0 Å². The molecule has 0 aliphatic carbocycles. The van der Waals surface area contributed by atoms with E-state index in [9.17, 15) is 0 Å². The lowest BCUT2D eigenvalue weighted by Crippen LogP contribution is -1.80. The molecule has 0 nitrogen and oxygen atoms in total. The lowest BCUT2D eigenvalue weighted by atomic mass is 10.1. The maximum Gasteiger partial charge on any atom is -0.0114 e. The van der Waals surface area contributed by atoms with Crippen LogP contribution in [0.2, 0.25) is 0 Å². The van der Waals surface area contributed by atoms with E-state index in [-0.39, 0.29) is 0 Å². The first-order valence-corrected chi connectivity index (χ1v) is 3.31. The molecule has 0 aromatic rings. The fourth-order valence-electron chi connectivity index (χ4n) is 0.629. The van der Waals surface area contributed by atoms with E-state index < -0.39 is 0 Å². The summed E-state index contributed by atoms with van der Waals surface area (Å²) in [5.74, 6) is 0. The Labute approximate surface area is 58.3 Å². The van der Waals surface area contributed by atoms with Crippen molar-refractivity contribution in [2.45, 2.75) is 34.1 Å². The lowest BCUT2D eigenvalue weighted by Gasteiger charge is -2.01. The smallest absolute Gasteiger partial charge is 0.0114 e. The Morgan fingerprint density at radius 2 is 1.56 bits per heavy atom. The van der Waals surface area contributed by atoms with Gasteiger partial charge in [-0.05, 0) is 34.1 Å². The summed E-state index contributed by atoms with van der Waals surface area (Å²) in [5.41, 5.74) is 4.11. The van der Waals surface area contributed by atoms with Gasteiger partial charge in [-0.15, -0.1) is 0 Å². The molecule has 0 aliphatic heterocycles. The number of hydrogen-bond acceptors (Lipinski definition) is 0. The zero-order valence-corrected chi connectivity index (χ0v) is 6.91. The summed E-state index contributed by atoms with van der Waals surface area (Å²) >= 11 is 0. The normalized spacial score (nSPS) is 8.89. The Morgan fingerprint density at radius 1 is 1.11 bits per heavy atom. The van der Waals surface area contributed by atoms with Crippen molar-refractivity contribution in [2.24, 2.45) is 0 Å². The van der Waals surface area contributed by atoms with Crippen LogP contribution < -0.4 is 0 Å². The van der Waals surface area contributed by atoms with E-state index >= 15 is 0 Å². The van der Waals surface area contributed by atoms with Crippen LogP contribution in [0.3, 0.4) is 0 Å². The Kier molecular flexibility index (Phi) is 3.29. The predicted molar refractivity (Wildman–Crippen MR) is 43.5 cm³/mol. The average Bonchev–Trinajstić information content (AvgIpc) is 1.63. The van der Waals surface area contributed by atoms with Gasteiger partial charge in [-0.25, -0.2) is 0 Å². The molecule has 0 N–H and O–H groups in total. The average molecular weight is 124 g/mol. The van der Waals surface area contributed by atoms with Gasteiger partial charge in [-0.1, -0.05) is 23.3 Å². The summed E-state index contributed by atoms with van der Waals surface area (Å²) in [7, 11) is 0. The molecule has 0 rings (SSSR count). The minimum absolute atomic E-state index is 1.06. The zero-order valence-electron chi connectivity index (χ0n) is 6.91. The molecule has 0 spiro atoms. The molecule has 0 unspecified atom stereocenters. The van der Waals surface area contributed by atoms with Crippen molar-refractivity contribution >= 4 is 0 Å². The minimum atomic E-state index is 1.06. The molecule has 0 saturated carbocycles. The van der Waals surface area contributed by atoms with Gasteiger partial charge >= 0.3 is 0 Å². The van der Waals surface area contributed by atoms with Crippen LogP contribution in [0.25, 0.3) is 0 Å². The third kappa shape index (κ3) is 4.01. The Balaban J connectivity index is 3.92. The molecule has 0 aromatic heterocycles. The molecule has 0 aliphatic rings. The highest BCUT2D eigenvalue weighted by Gasteiger charge is 1.90. The largest absolute Gasteiger partial charge is 0.0998 e. The maximum absolute atomic E-state index is 3.84. The van der Waals surface area contributed by atoms with Gasteiger partial charge in [-0.2, -0.15) is 0 Å². The molecule has 0 saturated heterocycles. The van der Waals surface area contributed by atoms with Crippen LogP contribution >= 0.6 is 0 Å². The van der Waals surface area contributed by atoms with E-state index in [1.807, 2.05) is 0 Å². The summed E-state index contributed by atoms with van der Waals surface area (Å²) in [6.07, 6.45) is 1.06. The molecule has 0 aromatic carbocycles. The third-order valence-electron chi connectivity index (χ3n) is 1.42. The summed E-state index contributed by atoms with van der Waals surface area (Å²) < 4.78 is 0. The van der Waals surface area contributed by atoms with Gasteiger partial charge in [0, 0.05) is 0 Å². The molecule has 0 heterocycles. The predicted octanol–water partition coefficient (Wildman–Crippen LogP) is 3.31. The van der Waals surface area contributed by atoms with Crippen molar-refractivity contribution in [3.05, 3.63) is 23.3 Å². The third-order valence-corrected chi connectivity index (χ3v) is 1.42. The SMILES string of the molecule is C=C(C)CC(C)=C(C)C. The van der Waals surface area contributed by atoms with Crippen LogP contribution in [0, 0.1) is 0 Å². The van der Waals surface area contributed by atoms with Gasteiger partial charge in [0.05, 0.1) is 0 Å². The Morgan fingerprint density at radius 3 is 1.67 bits per heavy atom. The van der Waals surface area contributed by atoms with Gasteiger partial charge in [0.2, 0.25) is 0 Å². The Bertz CT molecular complexity index is 134. The first kappa shape index (κ1) is 8.48. The summed E-state index contributed by atoms with van der Waals surface area (Å²) in [6, 6.07) is 0. The number of rotatable bonds is 2. The quantitative estimate of drug-likeness (QED) is 0.495. The van der Waals surface area contributed by atoms with Crippen LogP contribution in [0.5, 0.6) is 0 Å². The van der Waals surface area contributed by atoms with Gasteiger partial charge in [0.15, 0.2) is 0 Å². The molecular weight excluding hydrogens is 108 g/mol. The van der Waals surface area contributed by atoms with Crippen LogP contribution in [-0.2, 0) is 0 Å². The molecule has 0 bridgehead atoms. The summed E-state index contributed by atoms with van der Waals surface area (Å²) in [4.78, 5) is 0. The molecule has 0 atom stereocenters. The van der Waals surface area contributed by atoms with E-state index in [1.165, 1.54) is 16.7 Å². The highest BCUT2D eigenvalue weighted by Crippen LogP contribution is 2.11. The van der Waals surface area contributed by atoms with Crippen molar-refractivity contribution in [2.75, 3.05) is 0 Å². The Hall–Kier alpha value is -0.520. The maximum atomic E-state index is 3.84. The number of allylic oxidation sites excluding steroid dienone is 3. The molecule has 0 radical (unpaired) electrons. The fraction of sp³-hybridized carbons (Fsp3) is 0.556. The lowest BCUT2D eigenvalue weighted by molar-refractivity contribution is 1.07. The van der Waals surface area contributed by atoms with Gasteiger partial charge in [0.1, 0.15) is 0 Å². The molecule has 9 heavy (non-hydrogen) atoms. The minimum Gasteiger partial charge on any atom is -0.0998 e. The van der Waals surface area contributed by atoms with E-state index in [0.717, 1.165) is 6.42 Å². The van der Waals surface area contributed by atoms with Crippen LogP contribution in [-0.4, -0.2) is 0 Å². The molecule has 0 heteroatoms. The van der Waals surface area contributed by atoms with Crippen molar-refractivity contribution in [3.63, 3.8) is 0 Å². The van der Waals surface area contributed by atoms with Crippen molar-refractivity contribution in [3.8, 4) is 0 Å². The van der Waals surface area contributed by atoms with E-state index in [1.54, 1.807) is 0 Å². The van der Waals surface area contributed by atoms with Crippen molar-refractivity contribution in [1.29, 1.82) is 0 Å². The molecule has 0 fully saturated rings. The van der Waals surface area contributed by atoms with E-state index in [4.69, 9.17) is 0 Å². The molecular formula is C9H16.